The van der Waals surface area contributed by atoms with Gasteiger partial charge in [0.2, 0.25) is 0 Å². The van der Waals surface area contributed by atoms with Crippen LogP contribution in [0.5, 0.6) is 0 Å². The monoisotopic (exact) mass is 460 g/mol. The Kier molecular flexibility index (Phi) is 6.84. The van der Waals surface area contributed by atoms with Gasteiger partial charge in [0.15, 0.2) is 5.69 Å². The quantitative estimate of drug-likeness (QED) is 0.549. The molecule has 2 heterocycles. The second-order valence-corrected chi connectivity index (χ2v) is 9.93. The van der Waals surface area contributed by atoms with Gasteiger partial charge in [-0.2, -0.15) is 5.10 Å². The molecular formula is C27H32N4O3. The van der Waals surface area contributed by atoms with Gasteiger partial charge >= 0.3 is 5.97 Å². The molecule has 0 aliphatic carbocycles. The molecule has 1 unspecified atom stereocenters. The average molecular weight is 461 g/mol. The average Bonchev–Trinajstić information content (AvgIpc) is 3.28. The number of hydrogen-bond acceptors (Lipinski definition) is 4. The van der Waals surface area contributed by atoms with Crippen LogP contribution in [-0.4, -0.2) is 44.8 Å². The molecule has 1 aromatic heterocycles. The fourth-order valence-corrected chi connectivity index (χ4v) is 4.37. The minimum absolute atomic E-state index is 0.256. The molecule has 2 N–H and O–H groups in total. The van der Waals surface area contributed by atoms with Crippen molar-refractivity contribution in [3.8, 4) is 11.3 Å². The number of aromatic nitrogens is 2. The third-order valence-corrected chi connectivity index (χ3v) is 6.12. The molecule has 7 nitrogen and oxygen atoms in total. The van der Waals surface area contributed by atoms with Crippen molar-refractivity contribution in [2.45, 2.75) is 45.7 Å². The molecule has 3 aromatic rings. The van der Waals surface area contributed by atoms with E-state index in [2.05, 4.69) is 36.1 Å². The lowest BCUT2D eigenvalue weighted by Crippen LogP contribution is -2.38. The number of benzene rings is 2. The number of piperidine rings is 1. The molecule has 0 saturated carbocycles. The molecule has 1 saturated heterocycles. The molecular weight excluding hydrogens is 428 g/mol. The SMILES string of the molecule is CC(C)(C)n1nc(C(=O)Nc2ccc(CN3CCCC(C(=O)O)C3)cc2)cc1-c1ccccc1. The molecule has 7 heteroatoms. The number of carboxylic acid groups (broad SMARTS) is 1. The van der Waals surface area contributed by atoms with E-state index in [0.717, 1.165) is 36.2 Å². The fourth-order valence-electron chi connectivity index (χ4n) is 4.37. The molecule has 1 aliphatic heterocycles. The van der Waals surface area contributed by atoms with Gasteiger partial charge in [-0.25, -0.2) is 0 Å². The van der Waals surface area contributed by atoms with Crippen LogP contribution >= 0.6 is 0 Å². The normalized spacial score (nSPS) is 16.9. The maximum atomic E-state index is 13.0. The van der Waals surface area contributed by atoms with Gasteiger partial charge in [0.25, 0.3) is 5.91 Å². The summed E-state index contributed by atoms with van der Waals surface area (Å²) < 4.78 is 1.89. The van der Waals surface area contributed by atoms with E-state index in [1.54, 1.807) is 0 Å². The van der Waals surface area contributed by atoms with Crippen molar-refractivity contribution in [2.75, 3.05) is 18.4 Å². The number of carbonyl (C=O) groups excluding carboxylic acids is 1. The Hall–Kier alpha value is -3.45. The smallest absolute Gasteiger partial charge is 0.307 e. The summed E-state index contributed by atoms with van der Waals surface area (Å²) in [5.74, 6) is -1.26. The predicted molar refractivity (Wildman–Crippen MR) is 133 cm³/mol. The lowest BCUT2D eigenvalue weighted by atomic mass is 9.98. The molecule has 0 bridgehead atoms. The molecule has 34 heavy (non-hydrogen) atoms. The predicted octanol–water partition coefficient (Wildman–Crippen LogP) is 4.85. The summed E-state index contributed by atoms with van der Waals surface area (Å²) in [4.78, 5) is 26.5. The highest BCUT2D eigenvalue weighted by molar-refractivity contribution is 6.03. The molecule has 2 aromatic carbocycles. The third-order valence-electron chi connectivity index (χ3n) is 6.12. The minimum Gasteiger partial charge on any atom is -0.481 e. The van der Waals surface area contributed by atoms with Crippen molar-refractivity contribution in [3.05, 3.63) is 71.9 Å². The second kappa shape index (κ2) is 9.81. The van der Waals surface area contributed by atoms with Crippen LogP contribution in [0.3, 0.4) is 0 Å². The number of carbonyl (C=O) groups is 2. The van der Waals surface area contributed by atoms with Crippen molar-refractivity contribution >= 4 is 17.6 Å². The Balaban J connectivity index is 1.45. The topological polar surface area (TPSA) is 87.5 Å². The largest absolute Gasteiger partial charge is 0.481 e. The van der Waals surface area contributed by atoms with Crippen molar-refractivity contribution in [1.29, 1.82) is 0 Å². The number of hydrogen-bond donors (Lipinski definition) is 2. The van der Waals surface area contributed by atoms with Crippen LogP contribution in [0, 0.1) is 5.92 Å². The summed E-state index contributed by atoms with van der Waals surface area (Å²) in [5, 5.41) is 16.9. The van der Waals surface area contributed by atoms with Crippen molar-refractivity contribution in [1.82, 2.24) is 14.7 Å². The Bertz CT molecular complexity index is 1150. The van der Waals surface area contributed by atoms with Crippen molar-refractivity contribution in [2.24, 2.45) is 5.92 Å². The van der Waals surface area contributed by atoms with Crippen molar-refractivity contribution < 1.29 is 14.7 Å². The third kappa shape index (κ3) is 5.54. The molecule has 1 aliphatic rings. The lowest BCUT2D eigenvalue weighted by Gasteiger charge is -2.30. The summed E-state index contributed by atoms with van der Waals surface area (Å²) in [6, 6.07) is 19.5. The summed E-state index contributed by atoms with van der Waals surface area (Å²) >= 11 is 0. The first kappa shape index (κ1) is 23.7. The van der Waals surface area contributed by atoms with E-state index >= 15 is 0 Å². The van der Waals surface area contributed by atoms with Crippen LogP contribution in [0.25, 0.3) is 11.3 Å². The van der Waals surface area contributed by atoms with Gasteiger partial charge in [-0.3, -0.25) is 19.2 Å². The number of rotatable bonds is 6. The highest BCUT2D eigenvalue weighted by atomic mass is 16.4. The van der Waals surface area contributed by atoms with Gasteiger partial charge in [0.1, 0.15) is 0 Å². The molecule has 178 valence electrons. The van der Waals surface area contributed by atoms with Crippen LogP contribution in [0.4, 0.5) is 5.69 Å². The molecule has 1 atom stereocenters. The van der Waals surface area contributed by atoms with Gasteiger partial charge in [0.05, 0.1) is 17.2 Å². The molecule has 4 rings (SSSR count). The second-order valence-electron chi connectivity index (χ2n) is 9.93. The lowest BCUT2D eigenvalue weighted by molar-refractivity contribution is -0.143. The standard InChI is InChI=1S/C27H32N4O3/c1-27(2,3)31-24(20-8-5-4-6-9-20)16-23(29-31)25(32)28-22-13-11-19(12-14-22)17-30-15-7-10-21(18-30)26(33)34/h4-6,8-9,11-14,16,21H,7,10,15,17-18H2,1-3H3,(H,28,32)(H,33,34). The zero-order chi connectivity index (χ0) is 24.3. The van der Waals surface area contributed by atoms with E-state index in [9.17, 15) is 14.7 Å². The van der Waals surface area contributed by atoms with E-state index in [0.29, 0.717) is 24.5 Å². The van der Waals surface area contributed by atoms with Gasteiger partial charge < -0.3 is 10.4 Å². The van der Waals surface area contributed by atoms with Gasteiger partial charge in [-0.05, 0) is 69.5 Å². The van der Waals surface area contributed by atoms with Gasteiger partial charge in [-0.1, -0.05) is 42.5 Å². The van der Waals surface area contributed by atoms with Crippen LogP contribution in [-0.2, 0) is 16.9 Å². The Morgan fingerprint density at radius 1 is 1.09 bits per heavy atom. The van der Waals surface area contributed by atoms with Crippen LogP contribution in [0.2, 0.25) is 0 Å². The molecule has 0 spiro atoms. The van der Waals surface area contributed by atoms with Crippen molar-refractivity contribution in [3.63, 3.8) is 0 Å². The molecule has 0 radical (unpaired) electrons. The zero-order valence-electron chi connectivity index (χ0n) is 20.0. The number of amides is 1. The first-order chi connectivity index (χ1) is 16.2. The number of nitrogens with one attached hydrogen (secondary N) is 1. The Morgan fingerprint density at radius 3 is 2.44 bits per heavy atom. The van der Waals surface area contributed by atoms with Crippen LogP contribution < -0.4 is 5.32 Å². The van der Waals surface area contributed by atoms with Crippen LogP contribution in [0.15, 0.2) is 60.7 Å². The number of anilines is 1. The van der Waals surface area contributed by atoms with Gasteiger partial charge in [0, 0.05) is 18.8 Å². The first-order valence-electron chi connectivity index (χ1n) is 11.7. The number of carboxylic acids is 1. The summed E-state index contributed by atoms with van der Waals surface area (Å²) in [6.07, 6.45) is 1.64. The first-order valence-corrected chi connectivity index (χ1v) is 11.7. The molecule has 1 fully saturated rings. The molecule has 1 amide bonds. The number of nitrogens with zero attached hydrogens (tertiary/aromatic N) is 3. The summed E-state index contributed by atoms with van der Waals surface area (Å²) in [6.45, 7) is 8.38. The Morgan fingerprint density at radius 2 is 1.79 bits per heavy atom. The zero-order valence-corrected chi connectivity index (χ0v) is 20.0. The van der Waals surface area contributed by atoms with Crippen LogP contribution in [0.1, 0.15) is 49.7 Å². The van der Waals surface area contributed by atoms with E-state index in [1.807, 2.05) is 65.3 Å². The fraction of sp³-hybridized carbons (Fsp3) is 0.370. The maximum absolute atomic E-state index is 13.0. The Labute approximate surface area is 200 Å². The van der Waals surface area contributed by atoms with E-state index < -0.39 is 5.97 Å². The highest BCUT2D eigenvalue weighted by Gasteiger charge is 2.25. The number of aliphatic carboxylic acids is 1. The minimum atomic E-state index is -0.716. The van der Waals surface area contributed by atoms with E-state index in [-0.39, 0.29) is 17.4 Å². The summed E-state index contributed by atoms with van der Waals surface area (Å²) in [7, 11) is 0. The highest BCUT2D eigenvalue weighted by Crippen LogP contribution is 2.27. The van der Waals surface area contributed by atoms with E-state index in [1.165, 1.54) is 0 Å². The summed E-state index contributed by atoms with van der Waals surface area (Å²) in [5.41, 5.74) is 3.78. The maximum Gasteiger partial charge on any atom is 0.307 e. The number of likely N-dealkylation sites (tertiary alicyclic amines) is 1. The van der Waals surface area contributed by atoms with Gasteiger partial charge in [-0.15, -0.1) is 0 Å². The van der Waals surface area contributed by atoms with E-state index in [4.69, 9.17) is 0 Å².